The summed E-state index contributed by atoms with van der Waals surface area (Å²) < 4.78 is 11.7. The molecule has 1 atom stereocenters. The zero-order chi connectivity index (χ0) is 26.8. The first-order chi connectivity index (χ1) is 18.6. The molecule has 0 aliphatic rings. The lowest BCUT2D eigenvalue weighted by Crippen LogP contribution is -2.38. The highest BCUT2D eigenvalue weighted by Crippen LogP contribution is 2.19. The monoisotopic (exact) mass is 516 g/mol. The first-order valence-corrected chi connectivity index (χ1v) is 13.4. The Morgan fingerprint density at radius 3 is 1.89 bits per heavy atom. The zero-order valence-corrected chi connectivity index (χ0v) is 22.1. The molecule has 7 heteroatoms. The summed E-state index contributed by atoms with van der Waals surface area (Å²) in [6.07, 6.45) is 6.88. The van der Waals surface area contributed by atoms with E-state index in [9.17, 15) is 4.79 Å². The molecule has 0 aliphatic carbocycles. The number of hydrogen-bond donors (Lipinski definition) is 3. The van der Waals surface area contributed by atoms with Crippen LogP contribution in [0.1, 0.15) is 49.7 Å². The van der Waals surface area contributed by atoms with Gasteiger partial charge in [-0.3, -0.25) is 4.79 Å². The van der Waals surface area contributed by atoms with Gasteiger partial charge in [0.1, 0.15) is 24.1 Å². The van der Waals surface area contributed by atoms with E-state index in [0.29, 0.717) is 26.2 Å². The van der Waals surface area contributed by atoms with Crippen molar-refractivity contribution in [3.05, 3.63) is 96.1 Å². The highest BCUT2D eigenvalue weighted by molar-refractivity contribution is 5.86. The van der Waals surface area contributed by atoms with Crippen LogP contribution in [0.4, 0.5) is 0 Å². The van der Waals surface area contributed by atoms with Gasteiger partial charge in [0.2, 0.25) is 5.91 Å². The minimum atomic E-state index is -0.611. The van der Waals surface area contributed by atoms with E-state index >= 15 is 0 Å². The lowest BCUT2D eigenvalue weighted by molar-refractivity contribution is -0.122. The number of rotatable bonds is 17. The van der Waals surface area contributed by atoms with Crippen LogP contribution >= 0.6 is 0 Å². The lowest BCUT2D eigenvalue weighted by Gasteiger charge is -2.13. The number of nitrogens with two attached hydrogens (primary N) is 2. The molecule has 1 unspecified atom stereocenters. The Labute approximate surface area is 226 Å². The molecule has 0 saturated carbocycles. The predicted molar refractivity (Wildman–Crippen MR) is 153 cm³/mol. The van der Waals surface area contributed by atoms with E-state index < -0.39 is 6.04 Å². The van der Waals surface area contributed by atoms with Crippen molar-refractivity contribution < 1.29 is 14.3 Å². The smallest absolute Gasteiger partial charge is 0.245 e. The highest BCUT2D eigenvalue weighted by Gasteiger charge is 2.17. The molecule has 0 aromatic heterocycles. The van der Waals surface area contributed by atoms with Crippen molar-refractivity contribution in [2.45, 2.75) is 57.6 Å². The topological polar surface area (TPSA) is 112 Å². The molecule has 0 heterocycles. The van der Waals surface area contributed by atoms with Crippen LogP contribution in [-0.4, -0.2) is 31.1 Å². The second-order valence-electron chi connectivity index (χ2n) is 9.27. The molecule has 5 N–H and O–H groups in total. The standard InChI is InChI=1S/C31H40N4O3/c32-31(33)35-29(23-25-13-7-5-8-14-25)30(36)34-21-11-3-1-2-4-12-22-37-27-17-19-28(20-18-27)38-24-26-15-9-6-10-16-26/h5-10,13-20,29H,1-4,11-12,21-24H2,(H,34,36)(H4,32,33,35). The highest BCUT2D eigenvalue weighted by atomic mass is 16.5. The number of ether oxygens (including phenoxy) is 2. The third-order valence-corrected chi connectivity index (χ3v) is 6.09. The van der Waals surface area contributed by atoms with Crippen molar-refractivity contribution in [3.63, 3.8) is 0 Å². The number of nitrogens with zero attached hydrogens (tertiary/aromatic N) is 1. The Kier molecular flexibility index (Phi) is 12.5. The summed E-state index contributed by atoms with van der Waals surface area (Å²) in [6, 6.07) is 27.0. The molecule has 38 heavy (non-hydrogen) atoms. The lowest BCUT2D eigenvalue weighted by atomic mass is 10.1. The Balaban J connectivity index is 1.20. The molecule has 202 valence electrons. The normalized spacial score (nSPS) is 11.4. The van der Waals surface area contributed by atoms with Crippen LogP contribution in [0.5, 0.6) is 11.5 Å². The molecule has 0 fully saturated rings. The molecule has 0 spiro atoms. The number of carbonyl (C=O) groups is 1. The summed E-state index contributed by atoms with van der Waals surface area (Å²) in [5, 5.41) is 2.97. The van der Waals surface area contributed by atoms with E-state index in [2.05, 4.69) is 22.4 Å². The SMILES string of the molecule is NC(N)=NC(Cc1ccccc1)C(=O)NCCCCCCCCOc1ccc(OCc2ccccc2)cc1. The van der Waals surface area contributed by atoms with Crippen LogP contribution in [0.3, 0.4) is 0 Å². The maximum absolute atomic E-state index is 12.6. The molecule has 3 aromatic rings. The van der Waals surface area contributed by atoms with Gasteiger partial charge in [-0.1, -0.05) is 86.3 Å². The van der Waals surface area contributed by atoms with Crippen LogP contribution in [0, 0.1) is 0 Å². The van der Waals surface area contributed by atoms with Crippen LogP contribution in [0.15, 0.2) is 89.9 Å². The van der Waals surface area contributed by atoms with Gasteiger partial charge in [-0.2, -0.15) is 0 Å². The Morgan fingerprint density at radius 1 is 0.711 bits per heavy atom. The second-order valence-corrected chi connectivity index (χ2v) is 9.27. The zero-order valence-electron chi connectivity index (χ0n) is 22.1. The number of amides is 1. The van der Waals surface area contributed by atoms with Crippen molar-refractivity contribution in [2.24, 2.45) is 16.5 Å². The fraction of sp³-hybridized carbons (Fsp3) is 0.355. The van der Waals surface area contributed by atoms with Gasteiger partial charge in [0.05, 0.1) is 6.61 Å². The molecule has 3 aromatic carbocycles. The van der Waals surface area contributed by atoms with Crippen molar-refractivity contribution in [1.29, 1.82) is 0 Å². The minimum absolute atomic E-state index is 0.0741. The minimum Gasteiger partial charge on any atom is -0.494 e. The maximum atomic E-state index is 12.6. The largest absolute Gasteiger partial charge is 0.494 e. The van der Waals surface area contributed by atoms with Gasteiger partial charge in [0, 0.05) is 13.0 Å². The van der Waals surface area contributed by atoms with E-state index in [1.807, 2.05) is 72.8 Å². The van der Waals surface area contributed by atoms with E-state index in [1.165, 1.54) is 0 Å². The number of benzene rings is 3. The number of guanidine groups is 1. The summed E-state index contributed by atoms with van der Waals surface area (Å²) in [5.41, 5.74) is 13.2. The van der Waals surface area contributed by atoms with E-state index in [4.69, 9.17) is 20.9 Å². The number of unbranched alkanes of at least 4 members (excludes halogenated alkanes) is 5. The Hall–Kier alpha value is -4.00. The quantitative estimate of drug-likeness (QED) is 0.133. The molecule has 1 amide bonds. The average Bonchev–Trinajstić information content (AvgIpc) is 2.94. The fourth-order valence-electron chi connectivity index (χ4n) is 4.04. The first-order valence-electron chi connectivity index (χ1n) is 13.4. The van der Waals surface area contributed by atoms with E-state index in [-0.39, 0.29) is 11.9 Å². The Bertz CT molecular complexity index is 1090. The van der Waals surface area contributed by atoms with E-state index in [1.54, 1.807) is 0 Å². The summed E-state index contributed by atoms with van der Waals surface area (Å²) in [5.74, 6) is 1.48. The van der Waals surface area contributed by atoms with Gasteiger partial charge >= 0.3 is 0 Å². The molecule has 0 bridgehead atoms. The van der Waals surface area contributed by atoms with Gasteiger partial charge < -0.3 is 26.3 Å². The maximum Gasteiger partial charge on any atom is 0.245 e. The van der Waals surface area contributed by atoms with Crippen molar-refractivity contribution in [2.75, 3.05) is 13.2 Å². The van der Waals surface area contributed by atoms with Crippen molar-refractivity contribution in [3.8, 4) is 11.5 Å². The molecule has 0 radical (unpaired) electrons. The number of aliphatic imine (C=N–C) groups is 1. The van der Waals surface area contributed by atoms with E-state index in [0.717, 1.165) is 61.2 Å². The number of hydrogen-bond acceptors (Lipinski definition) is 4. The summed E-state index contributed by atoms with van der Waals surface area (Å²) in [7, 11) is 0. The third kappa shape index (κ3) is 11.4. The van der Waals surface area contributed by atoms with Crippen LogP contribution < -0.4 is 26.3 Å². The molecule has 0 saturated heterocycles. The van der Waals surface area contributed by atoms with Crippen LogP contribution in [0.2, 0.25) is 0 Å². The molecule has 3 rings (SSSR count). The third-order valence-electron chi connectivity index (χ3n) is 6.09. The number of carbonyl (C=O) groups excluding carboxylic acids is 1. The Morgan fingerprint density at radius 2 is 1.26 bits per heavy atom. The summed E-state index contributed by atoms with van der Waals surface area (Å²) in [6.45, 7) is 1.88. The molecular formula is C31H40N4O3. The molecule has 7 nitrogen and oxygen atoms in total. The summed E-state index contributed by atoms with van der Waals surface area (Å²) in [4.78, 5) is 16.7. The predicted octanol–water partition coefficient (Wildman–Crippen LogP) is 4.99. The first kappa shape index (κ1) is 28.6. The fourth-order valence-corrected chi connectivity index (χ4v) is 4.04. The van der Waals surface area contributed by atoms with Crippen molar-refractivity contribution >= 4 is 11.9 Å². The second kappa shape index (κ2) is 16.7. The van der Waals surface area contributed by atoms with Gasteiger partial charge in [0.15, 0.2) is 5.96 Å². The average molecular weight is 517 g/mol. The number of nitrogens with one attached hydrogen (secondary N) is 1. The van der Waals surface area contributed by atoms with Crippen molar-refractivity contribution in [1.82, 2.24) is 5.32 Å². The van der Waals surface area contributed by atoms with Crippen LogP contribution in [0.25, 0.3) is 0 Å². The molecule has 0 aliphatic heterocycles. The summed E-state index contributed by atoms with van der Waals surface area (Å²) >= 11 is 0. The van der Waals surface area contributed by atoms with Crippen LogP contribution in [-0.2, 0) is 17.8 Å². The van der Waals surface area contributed by atoms with Gasteiger partial charge in [-0.25, -0.2) is 4.99 Å². The van der Waals surface area contributed by atoms with Gasteiger partial charge in [-0.15, -0.1) is 0 Å². The van der Waals surface area contributed by atoms with Gasteiger partial charge in [0.25, 0.3) is 0 Å². The van der Waals surface area contributed by atoms with Gasteiger partial charge in [-0.05, 0) is 48.2 Å². The molecular weight excluding hydrogens is 476 g/mol.